The van der Waals surface area contributed by atoms with Gasteiger partial charge in [0, 0.05) is 50.2 Å². The van der Waals surface area contributed by atoms with Crippen LogP contribution in [0.5, 0.6) is 0 Å². The molecular weight excluding hydrogens is 423 g/mol. The van der Waals surface area contributed by atoms with E-state index in [-0.39, 0.29) is 46.4 Å². The third-order valence-corrected chi connectivity index (χ3v) is 6.83. The standard InChI is InChI=1S/C22H28ClFN4O3/c23-17-10-14(4-6-18(17)24)21(30)26-15-11-19-22(31)25-12-16(28(19)13-15)5-7-20(29)27-8-2-1-3-9-27/h4,6,10,15-16,19H,1-3,5,7-9,11-13H2,(H,25,31)(H,26,30)/t15-,16+,19-/m0/s1. The number of hydrogen-bond donors (Lipinski definition) is 2. The lowest BCUT2D eigenvalue weighted by Gasteiger charge is -2.37. The fourth-order valence-electron chi connectivity index (χ4n) is 4.85. The first kappa shape index (κ1) is 22.0. The summed E-state index contributed by atoms with van der Waals surface area (Å²) in [5.74, 6) is -0.774. The van der Waals surface area contributed by atoms with E-state index in [4.69, 9.17) is 11.6 Å². The van der Waals surface area contributed by atoms with Gasteiger partial charge in [0.05, 0.1) is 11.1 Å². The van der Waals surface area contributed by atoms with Crippen LogP contribution in [0.4, 0.5) is 4.39 Å². The Labute approximate surface area is 186 Å². The lowest BCUT2D eigenvalue weighted by atomic mass is 10.0. The Morgan fingerprint density at radius 1 is 1.23 bits per heavy atom. The SMILES string of the molecule is O=C(N[C@H]1C[C@H]2C(=O)NC[C@@H](CCC(=O)N3CCCCC3)N2C1)c1ccc(F)c(Cl)c1. The van der Waals surface area contributed by atoms with E-state index in [0.29, 0.717) is 32.4 Å². The van der Waals surface area contributed by atoms with Crippen LogP contribution in [0.25, 0.3) is 0 Å². The molecule has 3 aliphatic rings. The number of carbonyl (C=O) groups excluding carboxylic acids is 3. The van der Waals surface area contributed by atoms with Gasteiger partial charge in [-0.15, -0.1) is 0 Å². The van der Waals surface area contributed by atoms with Crippen molar-refractivity contribution >= 4 is 29.3 Å². The van der Waals surface area contributed by atoms with Gasteiger partial charge < -0.3 is 15.5 Å². The molecule has 3 saturated heterocycles. The maximum Gasteiger partial charge on any atom is 0.251 e. The topological polar surface area (TPSA) is 81.8 Å². The molecule has 9 heteroatoms. The summed E-state index contributed by atoms with van der Waals surface area (Å²) in [5, 5.41) is 5.79. The molecule has 168 valence electrons. The molecule has 7 nitrogen and oxygen atoms in total. The predicted molar refractivity (Wildman–Crippen MR) is 114 cm³/mol. The molecule has 0 unspecified atom stereocenters. The van der Waals surface area contributed by atoms with Crippen molar-refractivity contribution in [3.05, 3.63) is 34.6 Å². The summed E-state index contributed by atoms with van der Waals surface area (Å²) in [6.45, 7) is 2.74. The van der Waals surface area contributed by atoms with Crippen molar-refractivity contribution in [2.45, 2.75) is 56.7 Å². The second-order valence-corrected chi connectivity index (χ2v) is 9.03. The fourth-order valence-corrected chi connectivity index (χ4v) is 5.03. The van der Waals surface area contributed by atoms with Gasteiger partial charge in [0.1, 0.15) is 5.82 Å². The van der Waals surface area contributed by atoms with Crippen molar-refractivity contribution in [1.29, 1.82) is 0 Å². The number of carbonyl (C=O) groups is 3. The van der Waals surface area contributed by atoms with E-state index in [2.05, 4.69) is 15.5 Å². The first-order valence-electron chi connectivity index (χ1n) is 11.0. The van der Waals surface area contributed by atoms with Crippen molar-refractivity contribution in [3.63, 3.8) is 0 Å². The first-order valence-corrected chi connectivity index (χ1v) is 11.4. The summed E-state index contributed by atoms with van der Waals surface area (Å²) in [7, 11) is 0. The van der Waals surface area contributed by atoms with Crippen LogP contribution >= 0.6 is 11.6 Å². The van der Waals surface area contributed by atoms with Crippen LogP contribution < -0.4 is 10.6 Å². The highest BCUT2D eigenvalue weighted by Gasteiger charge is 2.43. The van der Waals surface area contributed by atoms with Crippen molar-refractivity contribution in [2.24, 2.45) is 0 Å². The van der Waals surface area contributed by atoms with Crippen molar-refractivity contribution in [2.75, 3.05) is 26.2 Å². The summed E-state index contributed by atoms with van der Waals surface area (Å²) in [6.07, 6.45) is 4.98. The lowest BCUT2D eigenvalue weighted by Crippen LogP contribution is -2.58. The van der Waals surface area contributed by atoms with Gasteiger partial charge in [0.2, 0.25) is 11.8 Å². The van der Waals surface area contributed by atoms with E-state index >= 15 is 0 Å². The Bertz CT molecular complexity index is 861. The normalized spacial score (nSPS) is 26.3. The number of likely N-dealkylation sites (tertiary alicyclic amines) is 1. The summed E-state index contributed by atoms with van der Waals surface area (Å²) in [5.41, 5.74) is 0.282. The number of nitrogens with one attached hydrogen (secondary N) is 2. The van der Waals surface area contributed by atoms with E-state index in [1.165, 1.54) is 18.6 Å². The van der Waals surface area contributed by atoms with E-state index in [9.17, 15) is 18.8 Å². The van der Waals surface area contributed by atoms with Gasteiger partial charge in [-0.25, -0.2) is 4.39 Å². The Balaban J connectivity index is 1.34. The van der Waals surface area contributed by atoms with Crippen LogP contribution in [0.2, 0.25) is 5.02 Å². The molecule has 2 N–H and O–H groups in total. The Morgan fingerprint density at radius 2 is 2.00 bits per heavy atom. The van der Waals surface area contributed by atoms with Crippen molar-refractivity contribution < 1.29 is 18.8 Å². The number of halogens is 2. The highest BCUT2D eigenvalue weighted by molar-refractivity contribution is 6.31. The predicted octanol–water partition coefficient (Wildman–Crippen LogP) is 1.94. The second-order valence-electron chi connectivity index (χ2n) is 8.63. The maximum atomic E-state index is 13.4. The lowest BCUT2D eigenvalue weighted by molar-refractivity contribution is -0.133. The molecule has 0 spiro atoms. The zero-order valence-corrected chi connectivity index (χ0v) is 18.2. The van der Waals surface area contributed by atoms with Gasteiger partial charge in [0.25, 0.3) is 5.91 Å². The van der Waals surface area contributed by atoms with E-state index in [1.807, 2.05) is 4.90 Å². The molecule has 3 atom stereocenters. The summed E-state index contributed by atoms with van der Waals surface area (Å²) >= 11 is 5.78. The van der Waals surface area contributed by atoms with E-state index in [0.717, 1.165) is 32.0 Å². The number of piperazine rings is 1. The summed E-state index contributed by atoms with van der Waals surface area (Å²) in [6, 6.07) is 3.41. The van der Waals surface area contributed by atoms with Crippen LogP contribution in [0.1, 0.15) is 48.9 Å². The van der Waals surface area contributed by atoms with Crippen LogP contribution in [-0.2, 0) is 9.59 Å². The van der Waals surface area contributed by atoms with Gasteiger partial charge >= 0.3 is 0 Å². The molecule has 3 heterocycles. The number of benzene rings is 1. The molecule has 3 fully saturated rings. The number of piperidine rings is 1. The molecule has 0 bridgehead atoms. The van der Waals surface area contributed by atoms with Crippen LogP contribution in [0.3, 0.4) is 0 Å². The van der Waals surface area contributed by atoms with Gasteiger partial charge in [-0.2, -0.15) is 0 Å². The maximum absolute atomic E-state index is 13.4. The molecule has 0 radical (unpaired) electrons. The third kappa shape index (κ3) is 5.01. The van der Waals surface area contributed by atoms with Crippen molar-refractivity contribution in [1.82, 2.24) is 20.4 Å². The molecule has 1 aromatic carbocycles. The van der Waals surface area contributed by atoms with Crippen molar-refractivity contribution in [3.8, 4) is 0 Å². The molecule has 31 heavy (non-hydrogen) atoms. The Morgan fingerprint density at radius 3 is 2.74 bits per heavy atom. The molecule has 0 saturated carbocycles. The highest BCUT2D eigenvalue weighted by Crippen LogP contribution is 2.27. The molecule has 1 aromatic rings. The minimum Gasteiger partial charge on any atom is -0.353 e. The minimum absolute atomic E-state index is 0.0415. The van der Waals surface area contributed by atoms with Crippen LogP contribution in [0, 0.1) is 5.82 Å². The molecule has 3 amide bonds. The zero-order chi connectivity index (χ0) is 22.0. The number of hydrogen-bond acceptors (Lipinski definition) is 4. The summed E-state index contributed by atoms with van der Waals surface area (Å²) < 4.78 is 13.4. The minimum atomic E-state index is -0.574. The molecule has 0 aromatic heterocycles. The smallest absolute Gasteiger partial charge is 0.251 e. The zero-order valence-electron chi connectivity index (χ0n) is 17.4. The second kappa shape index (κ2) is 9.53. The van der Waals surface area contributed by atoms with E-state index < -0.39 is 5.82 Å². The number of amides is 3. The highest BCUT2D eigenvalue weighted by atomic mass is 35.5. The fraction of sp³-hybridized carbons (Fsp3) is 0.591. The number of rotatable bonds is 5. The average Bonchev–Trinajstić information content (AvgIpc) is 3.20. The third-order valence-electron chi connectivity index (χ3n) is 6.54. The monoisotopic (exact) mass is 450 g/mol. The average molecular weight is 451 g/mol. The van der Waals surface area contributed by atoms with Crippen LogP contribution in [-0.4, -0.2) is 71.8 Å². The number of nitrogens with zero attached hydrogens (tertiary/aromatic N) is 2. The van der Waals surface area contributed by atoms with Gasteiger partial charge in [-0.3, -0.25) is 19.3 Å². The quantitative estimate of drug-likeness (QED) is 0.718. The first-order chi connectivity index (χ1) is 14.9. The molecular formula is C22H28ClFN4O3. The van der Waals surface area contributed by atoms with E-state index in [1.54, 1.807) is 0 Å². The number of fused-ring (bicyclic) bond motifs is 1. The Kier molecular flexibility index (Phi) is 6.77. The Hall–Kier alpha value is -2.19. The molecule has 3 aliphatic heterocycles. The summed E-state index contributed by atoms with van der Waals surface area (Å²) in [4.78, 5) is 41.6. The molecule has 0 aliphatic carbocycles. The van der Waals surface area contributed by atoms with Gasteiger partial charge in [-0.1, -0.05) is 11.6 Å². The largest absolute Gasteiger partial charge is 0.353 e. The van der Waals surface area contributed by atoms with Gasteiger partial charge in [-0.05, 0) is 50.3 Å². The van der Waals surface area contributed by atoms with Gasteiger partial charge in [0.15, 0.2) is 0 Å². The molecule has 4 rings (SSSR count). The van der Waals surface area contributed by atoms with Crippen LogP contribution in [0.15, 0.2) is 18.2 Å².